The summed E-state index contributed by atoms with van der Waals surface area (Å²) in [6.07, 6.45) is 2.70. The van der Waals surface area contributed by atoms with Crippen LogP contribution in [0.5, 0.6) is 0 Å². The van der Waals surface area contributed by atoms with Gasteiger partial charge in [-0.05, 0) is 12.8 Å². The fourth-order valence-electron chi connectivity index (χ4n) is 0.414. The van der Waals surface area contributed by atoms with Crippen LogP contribution in [0.15, 0.2) is 0 Å². The first-order chi connectivity index (χ1) is 3.56. The fourth-order valence-corrected chi connectivity index (χ4v) is 0.730. The lowest BCUT2D eigenvalue weighted by Crippen LogP contribution is -2.09. The Bertz CT molecular complexity index is 57.9. The van der Waals surface area contributed by atoms with Gasteiger partial charge in [0, 0.05) is 0 Å². The minimum absolute atomic E-state index is 0.649. The summed E-state index contributed by atoms with van der Waals surface area (Å²) in [5.41, 5.74) is 0. The molecule has 0 fully saturated rings. The van der Waals surface area contributed by atoms with E-state index in [-0.39, 0.29) is 0 Å². The van der Waals surface area contributed by atoms with E-state index in [9.17, 15) is 0 Å². The summed E-state index contributed by atoms with van der Waals surface area (Å²) in [7, 11) is 0. The molecule has 0 atom stereocenters. The molecule has 0 aliphatic carbocycles. The first kappa shape index (κ1) is 8.66. The quantitative estimate of drug-likeness (QED) is 0.415. The van der Waals surface area contributed by atoms with Crippen molar-refractivity contribution in [3.63, 3.8) is 0 Å². The monoisotopic (exact) mass is 152 g/mol. The third-order valence-electron chi connectivity index (χ3n) is 0.866. The van der Waals surface area contributed by atoms with Gasteiger partial charge in [-0.1, -0.05) is 13.3 Å². The normalized spacial score (nSPS) is 12.0. The largest absolute Gasteiger partial charge is 0.371 e. The van der Waals surface area contributed by atoms with E-state index in [0.29, 0.717) is 6.42 Å². The zero-order valence-electron chi connectivity index (χ0n) is 4.96. The maximum Gasteiger partial charge on any atom is 0.151 e. The van der Waals surface area contributed by atoms with Crippen LogP contribution in [-0.4, -0.2) is 9.37 Å². The Balaban J connectivity index is 3.11. The van der Waals surface area contributed by atoms with Gasteiger partial charge in [0.15, 0.2) is 4.27 Å². The smallest absolute Gasteiger partial charge is 0.151 e. The maximum atomic E-state index is 8.88. The Morgan fingerprint density at radius 2 is 2.00 bits per heavy atom. The highest BCUT2D eigenvalue weighted by molar-refractivity contribution is 8.00. The van der Waals surface area contributed by atoms with Gasteiger partial charge in [0.25, 0.3) is 0 Å². The summed E-state index contributed by atoms with van der Waals surface area (Å²) in [5.74, 6) is 0. The van der Waals surface area contributed by atoms with Crippen molar-refractivity contribution in [1.82, 2.24) is 0 Å². The molecule has 0 saturated heterocycles. The lowest BCUT2D eigenvalue weighted by molar-refractivity contribution is 0.220. The summed E-state index contributed by atoms with van der Waals surface area (Å²) in [6, 6.07) is 0. The molecule has 0 spiro atoms. The molecule has 50 valence electrons. The molecular weight excluding hydrogens is 140 g/mol. The molecule has 0 aliphatic heterocycles. The van der Waals surface area contributed by atoms with Gasteiger partial charge in [-0.25, -0.2) is 0 Å². The third kappa shape index (κ3) is 6.66. The van der Waals surface area contributed by atoms with Crippen molar-refractivity contribution < 1.29 is 5.11 Å². The number of rotatable bonds is 3. The number of hydrogen-bond donors (Lipinski definition) is 3. The summed E-state index contributed by atoms with van der Waals surface area (Å²) >= 11 is 7.62. The molecular formula is C5H12OS2. The Kier molecular flexibility index (Phi) is 3.94. The highest BCUT2D eigenvalue weighted by Crippen LogP contribution is 2.21. The number of thiol groups is 2. The average molecular weight is 152 g/mol. The highest BCUT2D eigenvalue weighted by Gasteiger charge is 2.12. The average Bonchev–Trinajstić information content (AvgIpc) is 1.59. The summed E-state index contributed by atoms with van der Waals surface area (Å²) in [4.78, 5) is 0. The second-order valence-corrected chi connectivity index (χ2v) is 3.71. The summed E-state index contributed by atoms with van der Waals surface area (Å²) < 4.78 is -1.06. The molecule has 0 aromatic carbocycles. The van der Waals surface area contributed by atoms with Crippen molar-refractivity contribution >= 4 is 25.3 Å². The van der Waals surface area contributed by atoms with Crippen molar-refractivity contribution in [2.45, 2.75) is 30.5 Å². The molecule has 1 nitrogen and oxygen atoms in total. The highest BCUT2D eigenvalue weighted by atomic mass is 32.2. The molecule has 0 aromatic rings. The molecule has 0 aromatic heterocycles. The molecule has 0 saturated carbocycles. The van der Waals surface area contributed by atoms with Crippen molar-refractivity contribution in [2.24, 2.45) is 0 Å². The van der Waals surface area contributed by atoms with Crippen LogP contribution < -0.4 is 0 Å². The predicted octanol–water partition coefficient (Wildman–Crippen LogP) is 1.68. The molecule has 8 heavy (non-hydrogen) atoms. The SMILES string of the molecule is CCCCC(O)(S)S. The predicted molar refractivity (Wildman–Crippen MR) is 42.4 cm³/mol. The van der Waals surface area contributed by atoms with Crippen LogP contribution >= 0.6 is 25.3 Å². The second kappa shape index (κ2) is 3.64. The molecule has 1 N–H and O–H groups in total. The third-order valence-corrected chi connectivity index (χ3v) is 1.31. The number of hydrogen-bond acceptors (Lipinski definition) is 3. The molecule has 0 aliphatic rings. The molecule has 3 heteroatoms. The van der Waals surface area contributed by atoms with E-state index in [2.05, 4.69) is 32.2 Å². The Morgan fingerprint density at radius 3 is 2.12 bits per heavy atom. The van der Waals surface area contributed by atoms with Crippen LogP contribution in [0, 0.1) is 0 Å². The van der Waals surface area contributed by atoms with Gasteiger partial charge in [-0.2, -0.15) is 0 Å². The van der Waals surface area contributed by atoms with Gasteiger partial charge in [0.1, 0.15) is 0 Å². The van der Waals surface area contributed by atoms with Crippen LogP contribution in [0.25, 0.3) is 0 Å². The molecule has 0 amide bonds. The van der Waals surface area contributed by atoms with E-state index in [1.807, 2.05) is 0 Å². The first-order valence-electron chi connectivity index (χ1n) is 2.73. The van der Waals surface area contributed by atoms with Crippen LogP contribution in [-0.2, 0) is 0 Å². The van der Waals surface area contributed by atoms with Gasteiger partial charge in [0.05, 0.1) is 0 Å². The van der Waals surface area contributed by atoms with Crippen molar-refractivity contribution in [1.29, 1.82) is 0 Å². The molecule has 0 unspecified atom stereocenters. The van der Waals surface area contributed by atoms with E-state index in [1.165, 1.54) is 0 Å². The van der Waals surface area contributed by atoms with Crippen LogP contribution in [0.1, 0.15) is 26.2 Å². The minimum atomic E-state index is -1.06. The van der Waals surface area contributed by atoms with Crippen LogP contribution in [0.4, 0.5) is 0 Å². The minimum Gasteiger partial charge on any atom is -0.371 e. The zero-order chi connectivity index (χ0) is 6.62. The molecule has 0 radical (unpaired) electrons. The van der Waals surface area contributed by atoms with E-state index in [0.717, 1.165) is 12.8 Å². The zero-order valence-corrected chi connectivity index (χ0v) is 6.75. The summed E-state index contributed by atoms with van der Waals surface area (Å²) in [5, 5.41) is 8.88. The maximum absolute atomic E-state index is 8.88. The van der Waals surface area contributed by atoms with Crippen molar-refractivity contribution in [3.8, 4) is 0 Å². The number of unbranched alkanes of at least 4 members (excludes halogenated alkanes) is 1. The lowest BCUT2D eigenvalue weighted by Gasteiger charge is -2.12. The second-order valence-electron chi connectivity index (χ2n) is 1.88. The van der Waals surface area contributed by atoms with Crippen molar-refractivity contribution in [2.75, 3.05) is 0 Å². The fraction of sp³-hybridized carbons (Fsp3) is 1.00. The molecule has 0 heterocycles. The van der Waals surface area contributed by atoms with Gasteiger partial charge in [0.2, 0.25) is 0 Å². The van der Waals surface area contributed by atoms with Gasteiger partial charge in [-0.15, -0.1) is 25.3 Å². The van der Waals surface area contributed by atoms with E-state index in [4.69, 9.17) is 5.11 Å². The Hall–Kier alpha value is 0.660. The van der Waals surface area contributed by atoms with Gasteiger partial charge in [-0.3, -0.25) is 0 Å². The topological polar surface area (TPSA) is 20.2 Å². The Labute approximate surface area is 61.3 Å². The standard InChI is InChI=1S/C5H12OS2/c1-2-3-4-5(6,7)8/h6-8H,2-4H2,1H3. The van der Waals surface area contributed by atoms with Gasteiger partial charge >= 0.3 is 0 Å². The van der Waals surface area contributed by atoms with Crippen LogP contribution in [0.2, 0.25) is 0 Å². The molecule has 0 rings (SSSR count). The molecule has 0 bridgehead atoms. The van der Waals surface area contributed by atoms with E-state index < -0.39 is 4.27 Å². The van der Waals surface area contributed by atoms with E-state index in [1.54, 1.807) is 0 Å². The van der Waals surface area contributed by atoms with Crippen molar-refractivity contribution in [3.05, 3.63) is 0 Å². The summed E-state index contributed by atoms with van der Waals surface area (Å²) in [6.45, 7) is 2.06. The Morgan fingerprint density at radius 1 is 1.50 bits per heavy atom. The van der Waals surface area contributed by atoms with Gasteiger partial charge < -0.3 is 5.11 Å². The van der Waals surface area contributed by atoms with E-state index >= 15 is 0 Å². The number of aliphatic hydroxyl groups is 1. The first-order valence-corrected chi connectivity index (χ1v) is 3.63. The van der Waals surface area contributed by atoms with Crippen LogP contribution in [0.3, 0.4) is 0 Å². The lowest BCUT2D eigenvalue weighted by atomic mass is 10.3.